The maximum atomic E-state index is 11.6. The maximum absolute atomic E-state index is 11.6. The van der Waals surface area contributed by atoms with Gasteiger partial charge in [-0.3, -0.25) is 4.79 Å². The molecule has 1 amide bonds. The molecule has 16 heavy (non-hydrogen) atoms. The molecule has 94 valence electrons. The van der Waals surface area contributed by atoms with Crippen molar-refractivity contribution in [3.63, 3.8) is 0 Å². The molecule has 0 heterocycles. The van der Waals surface area contributed by atoms with Crippen molar-refractivity contribution in [2.45, 2.75) is 46.7 Å². The summed E-state index contributed by atoms with van der Waals surface area (Å²) in [5.41, 5.74) is 5.10. The highest BCUT2D eigenvalue weighted by Crippen LogP contribution is 2.19. The number of nitrogens with two attached hydrogens (primary N) is 1. The number of carboxylic acids is 1. The molecule has 4 N–H and O–H groups in total. The van der Waals surface area contributed by atoms with Gasteiger partial charge in [0.15, 0.2) is 0 Å². The summed E-state index contributed by atoms with van der Waals surface area (Å²) in [5.74, 6) is -1.48. The fraction of sp³-hybridized carbons (Fsp3) is 0.818. The third-order valence-electron chi connectivity index (χ3n) is 2.42. The molecule has 1 unspecified atom stereocenters. The second-order valence-corrected chi connectivity index (χ2v) is 5.42. The van der Waals surface area contributed by atoms with Gasteiger partial charge in [-0.05, 0) is 11.3 Å². The topological polar surface area (TPSA) is 92.4 Å². The number of hydrogen-bond acceptors (Lipinski definition) is 3. The number of carbonyl (C=O) groups excluding carboxylic acids is 1. The van der Waals surface area contributed by atoms with E-state index in [1.807, 2.05) is 13.8 Å². The number of aliphatic carboxylic acids is 1. The fourth-order valence-electron chi connectivity index (χ4n) is 1.19. The zero-order valence-electron chi connectivity index (χ0n) is 10.6. The second kappa shape index (κ2) is 5.30. The number of rotatable bonds is 4. The van der Waals surface area contributed by atoms with Crippen LogP contribution in [0.5, 0.6) is 0 Å². The summed E-state index contributed by atoms with van der Waals surface area (Å²) in [4.78, 5) is 22.7. The Labute approximate surface area is 96.4 Å². The van der Waals surface area contributed by atoms with Crippen LogP contribution in [0.4, 0.5) is 0 Å². The van der Waals surface area contributed by atoms with Gasteiger partial charge >= 0.3 is 5.97 Å². The average Bonchev–Trinajstić information content (AvgIpc) is 2.09. The van der Waals surface area contributed by atoms with E-state index in [2.05, 4.69) is 5.32 Å². The summed E-state index contributed by atoms with van der Waals surface area (Å²) in [5, 5.41) is 11.5. The molecule has 0 aromatic heterocycles. The lowest BCUT2D eigenvalue weighted by atomic mass is 9.86. The molecular formula is C11H22N2O3. The zero-order chi connectivity index (χ0) is 13.1. The molecule has 0 aromatic carbocycles. The molecule has 0 spiro atoms. The van der Waals surface area contributed by atoms with Crippen molar-refractivity contribution < 1.29 is 14.7 Å². The molecule has 0 aromatic rings. The van der Waals surface area contributed by atoms with E-state index in [0.717, 1.165) is 0 Å². The Bertz CT molecular complexity index is 269. The first kappa shape index (κ1) is 14.9. The van der Waals surface area contributed by atoms with Crippen LogP contribution in [0, 0.1) is 11.3 Å². The van der Waals surface area contributed by atoms with Crippen molar-refractivity contribution in [3.05, 3.63) is 0 Å². The van der Waals surface area contributed by atoms with Crippen molar-refractivity contribution in [2.24, 2.45) is 17.1 Å². The summed E-state index contributed by atoms with van der Waals surface area (Å²) >= 11 is 0. The van der Waals surface area contributed by atoms with Gasteiger partial charge in [0.1, 0.15) is 6.04 Å². The largest absolute Gasteiger partial charge is 0.480 e. The summed E-state index contributed by atoms with van der Waals surface area (Å²) in [6.45, 7) is 8.90. The van der Waals surface area contributed by atoms with Gasteiger partial charge in [0.2, 0.25) is 5.91 Å². The molecule has 0 fully saturated rings. The lowest BCUT2D eigenvalue weighted by molar-refractivity contribution is -0.145. The van der Waals surface area contributed by atoms with Crippen LogP contribution in [0.3, 0.4) is 0 Å². The third kappa shape index (κ3) is 4.18. The van der Waals surface area contributed by atoms with E-state index in [4.69, 9.17) is 10.8 Å². The van der Waals surface area contributed by atoms with Gasteiger partial charge in [-0.25, -0.2) is 4.79 Å². The maximum Gasteiger partial charge on any atom is 0.326 e. The molecule has 0 bridgehead atoms. The van der Waals surface area contributed by atoms with E-state index >= 15 is 0 Å². The number of carboxylic acid groups (broad SMARTS) is 1. The van der Waals surface area contributed by atoms with Crippen LogP contribution in [-0.2, 0) is 9.59 Å². The van der Waals surface area contributed by atoms with Gasteiger partial charge in [-0.15, -0.1) is 0 Å². The molecule has 0 aliphatic heterocycles. The molecule has 0 saturated heterocycles. The van der Waals surface area contributed by atoms with E-state index in [1.165, 1.54) is 0 Å². The van der Waals surface area contributed by atoms with Gasteiger partial charge in [0.25, 0.3) is 0 Å². The Morgan fingerprint density at radius 3 is 1.94 bits per heavy atom. The van der Waals surface area contributed by atoms with Gasteiger partial charge < -0.3 is 16.2 Å². The van der Waals surface area contributed by atoms with Crippen LogP contribution in [0.1, 0.15) is 34.6 Å². The molecular weight excluding hydrogens is 208 g/mol. The fourth-order valence-corrected chi connectivity index (χ4v) is 1.19. The van der Waals surface area contributed by atoms with Gasteiger partial charge in [-0.1, -0.05) is 34.6 Å². The smallest absolute Gasteiger partial charge is 0.326 e. The lowest BCUT2D eigenvalue weighted by Gasteiger charge is -2.29. The predicted octanol–water partition coefficient (Wildman–Crippen LogP) is 0.585. The lowest BCUT2D eigenvalue weighted by Crippen LogP contribution is -2.54. The van der Waals surface area contributed by atoms with E-state index in [1.54, 1.807) is 20.8 Å². The van der Waals surface area contributed by atoms with Crippen molar-refractivity contribution in [2.75, 3.05) is 0 Å². The molecule has 0 aliphatic carbocycles. The highest BCUT2D eigenvalue weighted by molar-refractivity contribution is 5.87. The van der Waals surface area contributed by atoms with E-state index in [0.29, 0.717) is 0 Å². The van der Waals surface area contributed by atoms with Crippen LogP contribution >= 0.6 is 0 Å². The van der Waals surface area contributed by atoms with E-state index in [-0.39, 0.29) is 5.92 Å². The Morgan fingerprint density at radius 1 is 1.25 bits per heavy atom. The Balaban J connectivity index is 4.67. The molecule has 0 rings (SSSR count). The van der Waals surface area contributed by atoms with Crippen LogP contribution < -0.4 is 11.1 Å². The molecule has 0 aliphatic rings. The average molecular weight is 230 g/mol. The number of nitrogens with one attached hydrogen (secondary N) is 1. The third-order valence-corrected chi connectivity index (χ3v) is 2.42. The SMILES string of the molecule is CC(C)[C@@H](N)C(=O)NC(C(=O)O)C(C)(C)C. The monoisotopic (exact) mass is 230 g/mol. The number of hydrogen-bond donors (Lipinski definition) is 3. The number of carbonyl (C=O) groups is 2. The minimum absolute atomic E-state index is 0.0191. The first-order valence-electron chi connectivity index (χ1n) is 5.36. The van der Waals surface area contributed by atoms with Crippen LogP contribution in [-0.4, -0.2) is 29.1 Å². The molecule has 2 atom stereocenters. The quantitative estimate of drug-likeness (QED) is 0.659. The number of amides is 1. The van der Waals surface area contributed by atoms with E-state index in [9.17, 15) is 9.59 Å². The summed E-state index contributed by atoms with van der Waals surface area (Å²) in [6, 6.07) is -1.60. The minimum atomic E-state index is -1.04. The predicted molar refractivity (Wildman–Crippen MR) is 61.8 cm³/mol. The minimum Gasteiger partial charge on any atom is -0.480 e. The van der Waals surface area contributed by atoms with Crippen LogP contribution in [0.15, 0.2) is 0 Å². The van der Waals surface area contributed by atoms with Crippen molar-refractivity contribution in [3.8, 4) is 0 Å². The first-order valence-corrected chi connectivity index (χ1v) is 5.36. The van der Waals surface area contributed by atoms with Gasteiger partial charge in [0.05, 0.1) is 6.04 Å². The standard InChI is InChI=1S/C11H22N2O3/c1-6(2)7(12)9(14)13-8(10(15)16)11(3,4)5/h6-8H,12H2,1-5H3,(H,13,14)(H,15,16)/t7-,8?/m1/s1. The summed E-state index contributed by atoms with van der Waals surface area (Å²) in [6.07, 6.45) is 0. The van der Waals surface area contributed by atoms with Gasteiger partial charge in [0, 0.05) is 0 Å². The normalized spacial score (nSPS) is 15.7. The van der Waals surface area contributed by atoms with E-state index < -0.39 is 29.4 Å². The molecule has 0 radical (unpaired) electrons. The van der Waals surface area contributed by atoms with Crippen LogP contribution in [0.2, 0.25) is 0 Å². The molecule has 5 heteroatoms. The van der Waals surface area contributed by atoms with Crippen molar-refractivity contribution in [1.29, 1.82) is 0 Å². The van der Waals surface area contributed by atoms with Crippen LogP contribution in [0.25, 0.3) is 0 Å². The highest BCUT2D eigenvalue weighted by atomic mass is 16.4. The van der Waals surface area contributed by atoms with Gasteiger partial charge in [-0.2, -0.15) is 0 Å². The Morgan fingerprint density at radius 2 is 1.69 bits per heavy atom. The van der Waals surface area contributed by atoms with Crippen molar-refractivity contribution in [1.82, 2.24) is 5.32 Å². The second-order valence-electron chi connectivity index (χ2n) is 5.42. The van der Waals surface area contributed by atoms with Crippen molar-refractivity contribution >= 4 is 11.9 Å². The Kier molecular flexibility index (Phi) is 4.93. The molecule has 0 saturated carbocycles. The highest BCUT2D eigenvalue weighted by Gasteiger charge is 2.34. The summed E-state index contributed by atoms with van der Waals surface area (Å²) in [7, 11) is 0. The molecule has 5 nitrogen and oxygen atoms in total. The zero-order valence-corrected chi connectivity index (χ0v) is 10.6. The summed E-state index contributed by atoms with van der Waals surface area (Å²) < 4.78 is 0. The Hall–Kier alpha value is -1.10. The first-order chi connectivity index (χ1) is 7.07.